The molecule has 0 radical (unpaired) electrons. The van der Waals surface area contributed by atoms with Gasteiger partial charge in [0.15, 0.2) is 0 Å². The fourth-order valence-electron chi connectivity index (χ4n) is 3.96. The first-order chi connectivity index (χ1) is 12.2. The second kappa shape index (κ2) is 8.72. The Morgan fingerprint density at radius 1 is 1.20 bits per heavy atom. The number of aromatic nitrogens is 2. The van der Waals surface area contributed by atoms with Crippen molar-refractivity contribution in [3.63, 3.8) is 0 Å². The quantitative estimate of drug-likeness (QED) is 0.883. The molecule has 0 unspecified atom stereocenters. The van der Waals surface area contributed by atoms with Crippen molar-refractivity contribution in [3.05, 3.63) is 23.3 Å². The zero-order valence-electron chi connectivity index (χ0n) is 15.3. The van der Waals surface area contributed by atoms with Crippen molar-refractivity contribution < 1.29 is 9.90 Å². The normalized spacial score (nSPS) is 20.0. The van der Waals surface area contributed by atoms with Crippen LogP contribution < -0.4 is 0 Å². The van der Waals surface area contributed by atoms with E-state index in [0.29, 0.717) is 11.5 Å². The fourth-order valence-corrected chi connectivity index (χ4v) is 3.96. The van der Waals surface area contributed by atoms with Crippen molar-refractivity contribution in [1.82, 2.24) is 19.8 Å². The van der Waals surface area contributed by atoms with Gasteiger partial charge in [-0.25, -0.2) is 9.97 Å². The number of carbonyl (C=O) groups excluding carboxylic acids is 1. The van der Waals surface area contributed by atoms with Gasteiger partial charge in [0, 0.05) is 38.4 Å². The first kappa shape index (κ1) is 18.3. The molecule has 0 bridgehead atoms. The topological polar surface area (TPSA) is 69.6 Å². The highest BCUT2D eigenvalue weighted by Crippen LogP contribution is 2.30. The van der Waals surface area contributed by atoms with Crippen LogP contribution in [-0.2, 0) is 0 Å². The number of rotatable bonds is 5. The van der Waals surface area contributed by atoms with Crippen molar-refractivity contribution in [3.8, 4) is 0 Å². The second-order valence-corrected chi connectivity index (χ2v) is 7.26. The molecule has 0 atom stereocenters. The molecule has 6 heteroatoms. The Morgan fingerprint density at radius 3 is 2.60 bits per heavy atom. The Morgan fingerprint density at radius 2 is 1.92 bits per heavy atom. The third-order valence-corrected chi connectivity index (χ3v) is 5.42. The molecule has 2 fully saturated rings. The number of nitrogens with zero attached hydrogens (tertiary/aromatic N) is 4. The van der Waals surface area contributed by atoms with Crippen LogP contribution in [-0.4, -0.2) is 70.1 Å². The summed E-state index contributed by atoms with van der Waals surface area (Å²) in [6.45, 7) is 6.81. The first-order valence-electron chi connectivity index (χ1n) is 9.65. The number of amides is 1. The molecule has 2 aliphatic heterocycles. The van der Waals surface area contributed by atoms with E-state index in [1.165, 1.54) is 6.42 Å². The van der Waals surface area contributed by atoms with Gasteiger partial charge >= 0.3 is 0 Å². The standard InChI is InChI=1S/C19H30N4O2/c1-15-20-14-17(19(25)23-9-3-2-4-10-23)18(21-15)16-6-11-22(12-7-16)8-5-13-24/h14,16,24H,2-13H2,1H3. The molecule has 3 rings (SSSR count). The van der Waals surface area contributed by atoms with E-state index in [0.717, 1.165) is 76.3 Å². The minimum atomic E-state index is 0.109. The van der Waals surface area contributed by atoms with Crippen LogP contribution in [0.4, 0.5) is 0 Å². The van der Waals surface area contributed by atoms with Crippen molar-refractivity contribution in [2.45, 2.75) is 51.4 Å². The number of aryl methyl sites for hydroxylation is 1. The predicted octanol–water partition coefficient (Wildman–Crippen LogP) is 1.97. The highest BCUT2D eigenvalue weighted by molar-refractivity contribution is 5.95. The molecule has 0 aliphatic carbocycles. The van der Waals surface area contributed by atoms with E-state index in [-0.39, 0.29) is 12.5 Å². The minimum Gasteiger partial charge on any atom is -0.396 e. The Balaban J connectivity index is 1.72. The van der Waals surface area contributed by atoms with Crippen LogP contribution in [0.15, 0.2) is 6.20 Å². The maximum absolute atomic E-state index is 13.0. The number of hydrogen-bond donors (Lipinski definition) is 1. The summed E-state index contributed by atoms with van der Waals surface area (Å²) in [6.07, 6.45) is 8.01. The summed E-state index contributed by atoms with van der Waals surface area (Å²) < 4.78 is 0. The summed E-state index contributed by atoms with van der Waals surface area (Å²) in [5.74, 6) is 1.18. The molecule has 6 nitrogen and oxygen atoms in total. The number of hydrogen-bond acceptors (Lipinski definition) is 5. The number of aliphatic hydroxyl groups is 1. The third kappa shape index (κ3) is 4.55. The summed E-state index contributed by atoms with van der Waals surface area (Å²) >= 11 is 0. The van der Waals surface area contributed by atoms with E-state index in [1.54, 1.807) is 6.20 Å². The molecular weight excluding hydrogens is 316 g/mol. The lowest BCUT2D eigenvalue weighted by atomic mass is 9.90. The van der Waals surface area contributed by atoms with Crippen LogP contribution in [0, 0.1) is 6.92 Å². The number of carbonyl (C=O) groups is 1. The van der Waals surface area contributed by atoms with Crippen molar-refractivity contribution >= 4 is 5.91 Å². The van der Waals surface area contributed by atoms with Crippen LogP contribution in [0.5, 0.6) is 0 Å². The molecular formula is C19H30N4O2. The van der Waals surface area contributed by atoms with Gasteiger partial charge in [0.05, 0.1) is 11.3 Å². The second-order valence-electron chi connectivity index (χ2n) is 7.26. The van der Waals surface area contributed by atoms with Gasteiger partial charge < -0.3 is 14.9 Å². The average Bonchev–Trinajstić information content (AvgIpc) is 2.67. The van der Waals surface area contributed by atoms with Gasteiger partial charge in [-0.3, -0.25) is 4.79 Å². The average molecular weight is 346 g/mol. The Hall–Kier alpha value is -1.53. The van der Waals surface area contributed by atoms with Gasteiger partial charge in [0.25, 0.3) is 5.91 Å². The summed E-state index contributed by atoms with van der Waals surface area (Å²) in [5, 5.41) is 8.99. The molecule has 1 N–H and O–H groups in total. The molecule has 0 saturated carbocycles. The maximum atomic E-state index is 13.0. The Kier molecular flexibility index (Phi) is 6.37. The molecule has 0 aromatic carbocycles. The van der Waals surface area contributed by atoms with E-state index in [9.17, 15) is 4.79 Å². The van der Waals surface area contributed by atoms with Crippen LogP contribution in [0.3, 0.4) is 0 Å². The van der Waals surface area contributed by atoms with Gasteiger partial charge in [0.2, 0.25) is 0 Å². The maximum Gasteiger partial charge on any atom is 0.257 e. The van der Waals surface area contributed by atoms with E-state index < -0.39 is 0 Å². The van der Waals surface area contributed by atoms with E-state index in [4.69, 9.17) is 5.11 Å². The summed E-state index contributed by atoms with van der Waals surface area (Å²) in [5.41, 5.74) is 1.66. The monoisotopic (exact) mass is 346 g/mol. The Labute approximate surface area is 150 Å². The van der Waals surface area contributed by atoms with Crippen LogP contribution in [0.2, 0.25) is 0 Å². The summed E-state index contributed by atoms with van der Waals surface area (Å²) in [7, 11) is 0. The van der Waals surface area contributed by atoms with Crippen LogP contribution in [0.25, 0.3) is 0 Å². The lowest BCUT2D eigenvalue weighted by Gasteiger charge is -2.33. The third-order valence-electron chi connectivity index (χ3n) is 5.42. The Bertz CT molecular complexity index is 579. The molecule has 1 aromatic heterocycles. The van der Waals surface area contributed by atoms with Gasteiger partial charge in [-0.1, -0.05) is 0 Å². The van der Waals surface area contributed by atoms with Crippen LogP contribution in [0.1, 0.15) is 66.3 Å². The molecule has 3 heterocycles. The zero-order chi connectivity index (χ0) is 17.6. The smallest absolute Gasteiger partial charge is 0.257 e. The highest BCUT2D eigenvalue weighted by Gasteiger charge is 2.28. The number of piperidine rings is 2. The summed E-state index contributed by atoms with van der Waals surface area (Å²) in [4.78, 5) is 26.3. The van der Waals surface area contributed by atoms with Crippen LogP contribution >= 0.6 is 0 Å². The lowest BCUT2D eigenvalue weighted by Crippen LogP contribution is -2.38. The number of likely N-dealkylation sites (tertiary alicyclic amines) is 2. The molecule has 0 spiro atoms. The molecule has 1 aromatic rings. The lowest BCUT2D eigenvalue weighted by molar-refractivity contribution is 0.0720. The summed E-state index contributed by atoms with van der Waals surface area (Å²) in [6, 6.07) is 0. The van der Waals surface area contributed by atoms with Gasteiger partial charge in [-0.05, 0) is 58.5 Å². The highest BCUT2D eigenvalue weighted by atomic mass is 16.3. The molecule has 1 amide bonds. The molecule has 2 aliphatic rings. The zero-order valence-corrected chi connectivity index (χ0v) is 15.3. The van der Waals surface area contributed by atoms with E-state index >= 15 is 0 Å². The van der Waals surface area contributed by atoms with E-state index in [1.807, 2.05) is 11.8 Å². The fraction of sp³-hybridized carbons (Fsp3) is 0.737. The molecule has 138 valence electrons. The molecule has 25 heavy (non-hydrogen) atoms. The minimum absolute atomic E-state index is 0.109. The van der Waals surface area contributed by atoms with Crippen molar-refractivity contribution in [2.24, 2.45) is 0 Å². The van der Waals surface area contributed by atoms with Gasteiger partial charge in [-0.15, -0.1) is 0 Å². The van der Waals surface area contributed by atoms with Crippen molar-refractivity contribution in [1.29, 1.82) is 0 Å². The first-order valence-corrected chi connectivity index (χ1v) is 9.65. The van der Waals surface area contributed by atoms with E-state index in [2.05, 4.69) is 14.9 Å². The predicted molar refractivity (Wildman–Crippen MR) is 96.6 cm³/mol. The largest absolute Gasteiger partial charge is 0.396 e. The van der Waals surface area contributed by atoms with Gasteiger partial charge in [0.1, 0.15) is 5.82 Å². The van der Waals surface area contributed by atoms with Crippen molar-refractivity contribution in [2.75, 3.05) is 39.3 Å². The van der Waals surface area contributed by atoms with Gasteiger partial charge in [-0.2, -0.15) is 0 Å². The number of aliphatic hydroxyl groups excluding tert-OH is 1. The molecule has 2 saturated heterocycles. The SMILES string of the molecule is Cc1ncc(C(=O)N2CCCCC2)c(C2CCN(CCCO)CC2)n1.